The van der Waals surface area contributed by atoms with Crippen LogP contribution in [0.25, 0.3) is 0 Å². The molecule has 0 aromatic carbocycles. The zero-order valence-electron chi connectivity index (χ0n) is 16.8. The minimum atomic E-state index is -1.07. The second-order valence-electron chi connectivity index (χ2n) is 9.38. The van der Waals surface area contributed by atoms with Crippen molar-refractivity contribution in [2.45, 2.75) is 58.7 Å². The van der Waals surface area contributed by atoms with Crippen molar-refractivity contribution >= 4 is 11.8 Å². The molecule has 0 heterocycles. The largest absolute Gasteiger partial charge is 0.462 e. The number of ether oxygens (including phenoxy) is 1. The Hall–Kier alpha value is -1.75. The molecule has 0 saturated heterocycles. The number of rotatable bonds is 2. The fourth-order valence-corrected chi connectivity index (χ4v) is 6.76. The maximum absolute atomic E-state index is 15.1. The summed E-state index contributed by atoms with van der Waals surface area (Å²) in [4.78, 5) is 22.9. The van der Waals surface area contributed by atoms with Gasteiger partial charge in [-0.2, -0.15) is 0 Å². The molecule has 0 aliphatic heterocycles. The monoisotopic (exact) mass is 388 g/mol. The zero-order valence-corrected chi connectivity index (χ0v) is 16.8. The van der Waals surface area contributed by atoms with Crippen LogP contribution in [-0.4, -0.2) is 35.7 Å². The van der Waals surface area contributed by atoms with Crippen molar-refractivity contribution in [2.75, 3.05) is 6.61 Å². The van der Waals surface area contributed by atoms with Crippen LogP contribution in [0.3, 0.4) is 0 Å². The molecule has 0 unspecified atom stereocenters. The van der Waals surface area contributed by atoms with Crippen LogP contribution in [0.5, 0.6) is 0 Å². The Morgan fingerprint density at radius 1 is 1.43 bits per heavy atom. The zero-order chi connectivity index (χ0) is 20.3. The number of aliphatic hydroxyl groups is 1. The molecular formula is C23H29FO4. The maximum atomic E-state index is 15.1. The molecule has 0 amide bonds. The number of aliphatic hydroxyl groups excluding tert-OH is 1. The van der Waals surface area contributed by atoms with E-state index in [0.717, 1.165) is 18.4 Å². The fourth-order valence-electron chi connectivity index (χ4n) is 6.76. The Balaban J connectivity index is 1.67. The van der Waals surface area contributed by atoms with Crippen molar-refractivity contribution in [2.24, 2.45) is 28.6 Å². The van der Waals surface area contributed by atoms with Gasteiger partial charge in [0, 0.05) is 18.3 Å². The second kappa shape index (κ2) is 6.65. The first kappa shape index (κ1) is 19.6. The van der Waals surface area contributed by atoms with Gasteiger partial charge in [0.25, 0.3) is 0 Å². The highest BCUT2D eigenvalue weighted by atomic mass is 19.1. The molecule has 0 spiro atoms. The van der Waals surface area contributed by atoms with E-state index < -0.39 is 17.7 Å². The first-order chi connectivity index (χ1) is 13.2. The van der Waals surface area contributed by atoms with E-state index in [1.165, 1.54) is 6.92 Å². The Morgan fingerprint density at radius 2 is 2.18 bits per heavy atom. The van der Waals surface area contributed by atoms with Gasteiger partial charge in [-0.3, -0.25) is 9.59 Å². The molecule has 0 bridgehead atoms. The molecule has 0 radical (unpaired) electrons. The lowest BCUT2D eigenvalue weighted by Crippen LogP contribution is -2.55. The Bertz CT molecular complexity index is 796. The number of fused-ring (bicyclic) bond motifs is 5. The average molecular weight is 388 g/mol. The van der Waals surface area contributed by atoms with Crippen LogP contribution < -0.4 is 0 Å². The van der Waals surface area contributed by atoms with Gasteiger partial charge in [-0.15, -0.1) is 0 Å². The summed E-state index contributed by atoms with van der Waals surface area (Å²) in [5.74, 6) is -0.0271. The molecule has 5 heteroatoms. The van der Waals surface area contributed by atoms with Crippen molar-refractivity contribution < 1.29 is 23.8 Å². The van der Waals surface area contributed by atoms with Crippen LogP contribution in [0.1, 0.15) is 46.5 Å². The molecule has 152 valence electrons. The summed E-state index contributed by atoms with van der Waals surface area (Å²) >= 11 is 0. The molecule has 3 saturated carbocycles. The summed E-state index contributed by atoms with van der Waals surface area (Å²) in [5, 5.41) is 11.2. The van der Waals surface area contributed by atoms with E-state index in [9.17, 15) is 14.7 Å². The van der Waals surface area contributed by atoms with Crippen molar-refractivity contribution in [3.8, 4) is 0 Å². The van der Waals surface area contributed by atoms with Crippen LogP contribution in [0.2, 0.25) is 0 Å². The van der Waals surface area contributed by atoms with Gasteiger partial charge < -0.3 is 9.84 Å². The number of halogens is 1. The normalized spacial score (nSPS) is 45.9. The number of allylic oxidation sites excluding steroid dienone is 5. The number of hydrogen-bond donors (Lipinski definition) is 1. The van der Waals surface area contributed by atoms with E-state index in [2.05, 4.69) is 13.8 Å². The van der Waals surface area contributed by atoms with E-state index in [4.69, 9.17) is 4.74 Å². The predicted octanol–water partition coefficient (Wildman–Crippen LogP) is 3.70. The van der Waals surface area contributed by atoms with E-state index in [-0.39, 0.29) is 41.5 Å². The molecule has 0 aromatic heterocycles. The highest BCUT2D eigenvalue weighted by Crippen LogP contribution is 2.66. The van der Waals surface area contributed by atoms with Gasteiger partial charge in [-0.25, -0.2) is 4.39 Å². The lowest BCUT2D eigenvalue weighted by atomic mass is 9.47. The first-order valence-corrected chi connectivity index (χ1v) is 10.3. The Kier molecular flexibility index (Phi) is 4.65. The number of ketones is 1. The lowest BCUT2D eigenvalue weighted by Gasteiger charge is -2.58. The number of carbonyl (C=O) groups excluding carboxylic acids is 2. The molecule has 4 aliphatic carbocycles. The third-order valence-electron chi connectivity index (χ3n) is 7.93. The third kappa shape index (κ3) is 2.81. The minimum Gasteiger partial charge on any atom is -0.462 e. The SMILES string of the molecule is CC(=O)OC/C=C1\[C@H](F)C[C@@H]2[C@@H]3CCC4=CC(=O)C=C[C@]4(C)[C@@H]3[C@H](O)C[C@@]12C. The summed E-state index contributed by atoms with van der Waals surface area (Å²) < 4.78 is 20.1. The first-order valence-electron chi connectivity index (χ1n) is 10.3. The van der Waals surface area contributed by atoms with Crippen LogP contribution in [0.4, 0.5) is 4.39 Å². The van der Waals surface area contributed by atoms with Crippen molar-refractivity contribution in [3.05, 3.63) is 35.5 Å². The summed E-state index contributed by atoms with van der Waals surface area (Å²) in [7, 11) is 0. The lowest BCUT2D eigenvalue weighted by molar-refractivity contribution is -0.139. The topological polar surface area (TPSA) is 63.6 Å². The van der Waals surface area contributed by atoms with Gasteiger partial charge in [0.1, 0.15) is 12.8 Å². The number of esters is 1. The second-order valence-corrected chi connectivity index (χ2v) is 9.38. The van der Waals surface area contributed by atoms with Crippen molar-refractivity contribution in [3.63, 3.8) is 0 Å². The molecule has 3 fully saturated rings. The van der Waals surface area contributed by atoms with Gasteiger partial charge in [-0.1, -0.05) is 25.5 Å². The van der Waals surface area contributed by atoms with Gasteiger partial charge in [-0.05, 0) is 66.7 Å². The average Bonchev–Trinajstić information content (AvgIpc) is 2.85. The minimum absolute atomic E-state index is 0.00468. The van der Waals surface area contributed by atoms with Gasteiger partial charge >= 0.3 is 5.97 Å². The molecule has 4 rings (SSSR count). The van der Waals surface area contributed by atoms with E-state index in [1.807, 2.05) is 6.08 Å². The van der Waals surface area contributed by atoms with Crippen LogP contribution in [-0.2, 0) is 14.3 Å². The molecule has 28 heavy (non-hydrogen) atoms. The van der Waals surface area contributed by atoms with Crippen LogP contribution >= 0.6 is 0 Å². The van der Waals surface area contributed by atoms with E-state index in [0.29, 0.717) is 18.4 Å². The highest BCUT2D eigenvalue weighted by Gasteiger charge is 2.62. The van der Waals surface area contributed by atoms with Crippen molar-refractivity contribution in [1.82, 2.24) is 0 Å². The summed E-state index contributed by atoms with van der Waals surface area (Å²) in [6.07, 6.45) is 8.03. The molecular weight excluding hydrogens is 359 g/mol. The fraction of sp³-hybridized carbons (Fsp3) is 0.652. The van der Waals surface area contributed by atoms with E-state index >= 15 is 4.39 Å². The maximum Gasteiger partial charge on any atom is 0.302 e. The summed E-state index contributed by atoms with van der Waals surface area (Å²) in [5.41, 5.74) is 1.01. The van der Waals surface area contributed by atoms with Crippen LogP contribution in [0.15, 0.2) is 35.5 Å². The molecule has 7 atom stereocenters. The quantitative estimate of drug-likeness (QED) is 0.579. The summed E-state index contributed by atoms with van der Waals surface area (Å²) in [6, 6.07) is 0. The van der Waals surface area contributed by atoms with Gasteiger partial charge in [0.05, 0.1) is 6.10 Å². The molecule has 1 N–H and O–H groups in total. The third-order valence-corrected chi connectivity index (χ3v) is 7.93. The standard InChI is InChI=1S/C23H29FO4/c1-13(25)28-9-7-17-19(24)11-18-16-5-4-14-10-15(26)6-8-22(14,2)21(16)20(27)12-23(17,18)3/h6-8,10,16,18-21,27H,4-5,9,11-12H2,1-3H3/b17-7+/t16-,18+,19+,20+,21-,22-,23-/m0/s1. The van der Waals surface area contributed by atoms with Crippen LogP contribution in [0, 0.1) is 28.6 Å². The molecule has 4 aliphatic rings. The van der Waals surface area contributed by atoms with Crippen molar-refractivity contribution in [1.29, 1.82) is 0 Å². The van der Waals surface area contributed by atoms with E-state index in [1.54, 1.807) is 18.2 Å². The number of carbonyl (C=O) groups is 2. The predicted molar refractivity (Wildman–Crippen MR) is 103 cm³/mol. The smallest absolute Gasteiger partial charge is 0.302 e. The molecule has 0 aromatic rings. The van der Waals surface area contributed by atoms with Gasteiger partial charge in [0.15, 0.2) is 5.78 Å². The summed E-state index contributed by atoms with van der Waals surface area (Å²) in [6.45, 7) is 5.59. The molecule has 4 nitrogen and oxygen atoms in total. The Morgan fingerprint density at radius 3 is 2.89 bits per heavy atom. The Labute approximate surface area is 165 Å². The number of hydrogen-bond acceptors (Lipinski definition) is 4. The highest BCUT2D eigenvalue weighted by molar-refractivity contribution is 6.01. The van der Waals surface area contributed by atoms with Gasteiger partial charge in [0.2, 0.25) is 0 Å². The number of alkyl halides is 1.